The first kappa shape index (κ1) is 19.9. The van der Waals surface area contributed by atoms with E-state index in [9.17, 15) is 5.11 Å². The Bertz CT molecular complexity index is 1060. The molecule has 2 aliphatic rings. The van der Waals surface area contributed by atoms with Gasteiger partial charge in [-0.2, -0.15) is 0 Å². The fourth-order valence-corrected chi connectivity index (χ4v) is 4.66. The highest BCUT2D eigenvalue weighted by Gasteiger charge is 2.55. The third-order valence-corrected chi connectivity index (χ3v) is 6.29. The topological polar surface area (TPSA) is 94.3 Å². The number of imidazole rings is 1. The summed E-state index contributed by atoms with van der Waals surface area (Å²) in [5.74, 6) is 0.330. The molecule has 8 nitrogen and oxygen atoms in total. The Kier molecular flexibility index (Phi) is 4.86. The van der Waals surface area contributed by atoms with E-state index < -0.39 is 17.8 Å². The first-order valence-electron chi connectivity index (χ1n) is 10.2. The van der Waals surface area contributed by atoms with Crippen LogP contribution >= 0.6 is 0 Å². The molecule has 0 radical (unpaired) electrons. The Hall–Kier alpha value is -3.04. The Labute approximate surface area is 179 Å². The summed E-state index contributed by atoms with van der Waals surface area (Å²) in [6.07, 6.45) is 4.37. The fourth-order valence-electron chi connectivity index (χ4n) is 4.66. The molecule has 162 valence electrons. The average Bonchev–Trinajstić information content (AvgIpc) is 3.40. The summed E-state index contributed by atoms with van der Waals surface area (Å²) in [5.41, 5.74) is 1.14. The number of ether oxygens (including phenoxy) is 2. The highest BCUT2D eigenvalue weighted by molar-refractivity contribution is 5.68. The minimum atomic E-state index is -1.19. The standard InChI is InChI=1S/C22H24FN5O3/c1-22-11-19(30-2)16(25-22)10-18(21(22)23)31-20-6-5-15(26-27-20)14-4-3-13(9-17(14)29)28-8-7-24-12-28/h3-9,12,16,18-19,21,25,29H,10-11H2,1-2H3/t16-,18+,19+,21-,22-/m0/s1. The maximum absolute atomic E-state index is 15.1. The molecule has 31 heavy (non-hydrogen) atoms. The number of fused-ring (bicyclic) bond motifs is 2. The summed E-state index contributed by atoms with van der Waals surface area (Å²) >= 11 is 0. The van der Waals surface area contributed by atoms with Crippen molar-refractivity contribution < 1.29 is 19.0 Å². The fraction of sp³-hybridized carbons (Fsp3) is 0.409. The van der Waals surface area contributed by atoms with Crippen LogP contribution in [-0.4, -0.2) is 61.9 Å². The number of aromatic nitrogens is 4. The predicted molar refractivity (Wildman–Crippen MR) is 111 cm³/mol. The van der Waals surface area contributed by atoms with Crippen molar-refractivity contribution in [2.75, 3.05) is 7.11 Å². The van der Waals surface area contributed by atoms with Crippen LogP contribution < -0.4 is 10.1 Å². The van der Waals surface area contributed by atoms with E-state index in [1.807, 2.05) is 13.0 Å². The molecule has 2 aliphatic heterocycles. The number of alkyl halides is 1. The molecule has 2 aromatic heterocycles. The molecule has 2 bridgehead atoms. The van der Waals surface area contributed by atoms with Gasteiger partial charge in [-0.1, -0.05) is 0 Å². The number of hydrogen-bond donors (Lipinski definition) is 2. The molecule has 5 atom stereocenters. The molecule has 1 aromatic carbocycles. The third kappa shape index (κ3) is 3.53. The number of piperidine rings is 1. The Morgan fingerprint density at radius 3 is 2.77 bits per heavy atom. The highest BCUT2D eigenvalue weighted by atomic mass is 19.1. The maximum Gasteiger partial charge on any atom is 0.233 e. The number of phenols is 1. The van der Waals surface area contributed by atoms with Crippen LogP contribution in [-0.2, 0) is 4.74 Å². The monoisotopic (exact) mass is 425 g/mol. The van der Waals surface area contributed by atoms with Gasteiger partial charge in [0, 0.05) is 49.7 Å². The number of methoxy groups -OCH3 is 1. The SMILES string of the molecule is CO[C@@H]1C[C@]2(C)N[C@H]1C[C@@H](Oc1ccc(-c3ccc(-n4ccnc4)cc3O)nn1)[C@@H]2F. The Morgan fingerprint density at radius 1 is 1.23 bits per heavy atom. The van der Waals surface area contributed by atoms with Crippen molar-refractivity contribution in [3.63, 3.8) is 0 Å². The van der Waals surface area contributed by atoms with E-state index in [1.165, 1.54) is 0 Å². The van der Waals surface area contributed by atoms with Gasteiger partial charge in [-0.05, 0) is 31.5 Å². The lowest BCUT2D eigenvalue weighted by Gasteiger charge is -2.39. The van der Waals surface area contributed by atoms with Crippen molar-refractivity contribution in [1.29, 1.82) is 0 Å². The Balaban J connectivity index is 1.32. The molecular weight excluding hydrogens is 401 g/mol. The number of nitrogens with one attached hydrogen (secondary N) is 1. The van der Waals surface area contributed by atoms with Crippen LogP contribution in [0.2, 0.25) is 0 Å². The van der Waals surface area contributed by atoms with Crippen molar-refractivity contribution in [2.45, 2.75) is 49.7 Å². The van der Waals surface area contributed by atoms with Crippen LogP contribution in [0, 0.1) is 0 Å². The molecule has 4 heterocycles. The molecule has 2 N–H and O–H groups in total. The third-order valence-electron chi connectivity index (χ3n) is 6.29. The molecule has 2 fully saturated rings. The van der Waals surface area contributed by atoms with Gasteiger partial charge in [-0.3, -0.25) is 0 Å². The highest BCUT2D eigenvalue weighted by Crippen LogP contribution is 2.40. The van der Waals surface area contributed by atoms with Gasteiger partial charge >= 0.3 is 0 Å². The van der Waals surface area contributed by atoms with Crippen molar-refractivity contribution >= 4 is 0 Å². The van der Waals surface area contributed by atoms with Crippen LogP contribution in [0.25, 0.3) is 16.9 Å². The number of rotatable bonds is 5. The van der Waals surface area contributed by atoms with Gasteiger partial charge in [0.25, 0.3) is 0 Å². The van der Waals surface area contributed by atoms with Gasteiger partial charge in [0.15, 0.2) is 6.17 Å². The number of halogens is 1. The quantitative estimate of drug-likeness (QED) is 0.649. The van der Waals surface area contributed by atoms with Crippen molar-refractivity contribution in [3.05, 3.63) is 49.1 Å². The van der Waals surface area contributed by atoms with E-state index in [0.717, 1.165) is 5.69 Å². The van der Waals surface area contributed by atoms with Crippen LogP contribution in [0.4, 0.5) is 4.39 Å². The second-order valence-electron chi connectivity index (χ2n) is 8.37. The number of phenolic OH excluding ortho intramolecular Hbond substituents is 1. The lowest BCUT2D eigenvalue weighted by molar-refractivity contribution is 0.00523. The summed E-state index contributed by atoms with van der Waals surface area (Å²) in [6, 6.07) is 8.66. The number of benzene rings is 1. The van der Waals surface area contributed by atoms with Gasteiger partial charge < -0.3 is 24.5 Å². The zero-order chi connectivity index (χ0) is 21.6. The van der Waals surface area contributed by atoms with E-state index >= 15 is 4.39 Å². The first-order chi connectivity index (χ1) is 15.0. The van der Waals surface area contributed by atoms with Crippen molar-refractivity contribution in [3.8, 4) is 28.6 Å². The molecule has 3 aromatic rings. The smallest absolute Gasteiger partial charge is 0.233 e. The lowest BCUT2D eigenvalue weighted by atomic mass is 9.88. The average molecular weight is 425 g/mol. The van der Waals surface area contributed by atoms with Gasteiger partial charge in [0.1, 0.15) is 11.9 Å². The maximum atomic E-state index is 15.1. The summed E-state index contributed by atoms with van der Waals surface area (Å²) in [7, 11) is 1.65. The van der Waals surface area contributed by atoms with Crippen molar-refractivity contribution in [1.82, 2.24) is 25.1 Å². The molecule has 2 saturated heterocycles. The van der Waals surface area contributed by atoms with E-state index in [2.05, 4.69) is 20.5 Å². The molecular formula is C22H24FN5O3. The lowest BCUT2D eigenvalue weighted by Crippen LogP contribution is -2.59. The van der Waals surface area contributed by atoms with E-state index in [1.54, 1.807) is 54.7 Å². The van der Waals surface area contributed by atoms with Crippen LogP contribution in [0.5, 0.6) is 11.6 Å². The predicted octanol–water partition coefficient (Wildman–Crippen LogP) is 2.66. The largest absolute Gasteiger partial charge is 0.507 e. The molecule has 5 rings (SSSR count). The van der Waals surface area contributed by atoms with Gasteiger partial charge in [-0.15, -0.1) is 10.2 Å². The van der Waals surface area contributed by atoms with Crippen LogP contribution in [0.1, 0.15) is 19.8 Å². The molecule has 0 unspecified atom stereocenters. The van der Waals surface area contributed by atoms with Gasteiger partial charge in [-0.25, -0.2) is 9.37 Å². The normalized spacial score (nSPS) is 29.8. The minimum absolute atomic E-state index is 0.0291. The molecule has 0 aliphatic carbocycles. The molecule has 0 saturated carbocycles. The summed E-state index contributed by atoms with van der Waals surface area (Å²) < 4.78 is 28.3. The summed E-state index contributed by atoms with van der Waals surface area (Å²) in [5, 5.41) is 22.1. The van der Waals surface area contributed by atoms with E-state index in [-0.39, 0.29) is 23.8 Å². The van der Waals surface area contributed by atoms with Crippen LogP contribution in [0.3, 0.4) is 0 Å². The molecule has 0 amide bonds. The molecule has 0 spiro atoms. The number of nitrogens with zero attached hydrogens (tertiary/aromatic N) is 4. The number of aromatic hydroxyl groups is 1. The van der Waals surface area contributed by atoms with Crippen LogP contribution in [0.15, 0.2) is 49.1 Å². The summed E-state index contributed by atoms with van der Waals surface area (Å²) in [6.45, 7) is 1.87. The molecule has 9 heteroatoms. The first-order valence-corrected chi connectivity index (χ1v) is 10.2. The zero-order valence-corrected chi connectivity index (χ0v) is 17.3. The van der Waals surface area contributed by atoms with E-state index in [4.69, 9.17) is 9.47 Å². The minimum Gasteiger partial charge on any atom is -0.507 e. The zero-order valence-electron chi connectivity index (χ0n) is 17.3. The van der Waals surface area contributed by atoms with E-state index in [0.29, 0.717) is 24.1 Å². The second-order valence-corrected chi connectivity index (χ2v) is 8.37. The number of hydrogen-bond acceptors (Lipinski definition) is 7. The van der Waals surface area contributed by atoms with Gasteiger partial charge in [0.2, 0.25) is 5.88 Å². The Morgan fingerprint density at radius 2 is 2.10 bits per heavy atom. The second kappa shape index (κ2) is 7.58. The van der Waals surface area contributed by atoms with Crippen molar-refractivity contribution in [2.24, 2.45) is 0 Å². The summed E-state index contributed by atoms with van der Waals surface area (Å²) in [4.78, 5) is 4.01. The van der Waals surface area contributed by atoms with Gasteiger partial charge in [0.05, 0.1) is 29.4 Å².